The Morgan fingerprint density at radius 1 is 1.29 bits per heavy atom. The van der Waals surface area contributed by atoms with Gasteiger partial charge in [-0.25, -0.2) is 0 Å². The third kappa shape index (κ3) is 3.94. The second-order valence-corrected chi connectivity index (χ2v) is 6.89. The van der Waals surface area contributed by atoms with Gasteiger partial charge in [0.25, 0.3) is 0 Å². The summed E-state index contributed by atoms with van der Waals surface area (Å²) in [5, 5.41) is 8.11. The van der Waals surface area contributed by atoms with Gasteiger partial charge in [-0.15, -0.1) is 11.3 Å². The van der Waals surface area contributed by atoms with E-state index in [4.69, 9.17) is 0 Å². The Hall–Kier alpha value is -2.34. The van der Waals surface area contributed by atoms with Gasteiger partial charge in [-0.05, 0) is 49.1 Å². The topological polar surface area (TPSA) is 61.4 Å². The number of thiophene rings is 1. The highest BCUT2D eigenvalue weighted by molar-refractivity contribution is 7.09. The molecule has 1 aromatic heterocycles. The normalized spacial score (nSPS) is 15.4. The molecule has 126 valence electrons. The van der Waals surface area contributed by atoms with Gasteiger partial charge in [-0.3, -0.25) is 9.59 Å². The molecule has 5 nitrogen and oxygen atoms in total. The van der Waals surface area contributed by atoms with Crippen molar-refractivity contribution in [1.29, 1.82) is 0 Å². The molecule has 6 heteroatoms. The van der Waals surface area contributed by atoms with Gasteiger partial charge >= 0.3 is 0 Å². The minimum Gasteiger partial charge on any atom is -0.374 e. The van der Waals surface area contributed by atoms with Gasteiger partial charge in [-0.1, -0.05) is 6.07 Å². The standard InChI is InChI=1S/C18H21N3O2S/c1-13(18(23)19-12-16-4-3-11-24-16)20-14-6-8-15(9-7-14)21-10-2-5-17(21)22/h3-4,6-9,11,13,20H,2,5,10,12H2,1H3,(H,19,23)/t13-/m0/s1. The molecule has 0 aliphatic carbocycles. The van der Waals surface area contributed by atoms with Crippen LogP contribution in [0.1, 0.15) is 24.6 Å². The van der Waals surface area contributed by atoms with E-state index in [0.717, 1.165) is 29.2 Å². The maximum absolute atomic E-state index is 12.1. The Kier molecular flexibility index (Phi) is 5.15. The van der Waals surface area contributed by atoms with Gasteiger partial charge in [0.05, 0.1) is 6.54 Å². The first-order chi connectivity index (χ1) is 11.6. The van der Waals surface area contributed by atoms with E-state index in [-0.39, 0.29) is 17.9 Å². The first kappa shape index (κ1) is 16.5. The fourth-order valence-electron chi connectivity index (χ4n) is 2.71. The zero-order valence-corrected chi connectivity index (χ0v) is 14.4. The summed E-state index contributed by atoms with van der Waals surface area (Å²) >= 11 is 1.63. The summed E-state index contributed by atoms with van der Waals surface area (Å²) in [7, 11) is 0. The summed E-state index contributed by atoms with van der Waals surface area (Å²) in [6.45, 7) is 3.17. The number of benzene rings is 1. The Balaban J connectivity index is 1.53. The van der Waals surface area contributed by atoms with Crippen LogP contribution in [0.3, 0.4) is 0 Å². The number of carbonyl (C=O) groups excluding carboxylic acids is 2. The number of amides is 2. The average molecular weight is 343 g/mol. The van der Waals surface area contributed by atoms with Crippen LogP contribution in [0.15, 0.2) is 41.8 Å². The first-order valence-corrected chi connectivity index (χ1v) is 8.98. The molecule has 0 unspecified atom stereocenters. The van der Waals surface area contributed by atoms with Crippen LogP contribution in [0.4, 0.5) is 11.4 Å². The summed E-state index contributed by atoms with van der Waals surface area (Å²) in [6.07, 6.45) is 1.54. The van der Waals surface area contributed by atoms with Gasteiger partial charge in [0, 0.05) is 29.2 Å². The largest absolute Gasteiger partial charge is 0.374 e. The number of carbonyl (C=O) groups is 2. The van der Waals surface area contributed by atoms with Crippen molar-refractivity contribution >= 4 is 34.5 Å². The predicted molar refractivity (Wildman–Crippen MR) is 97.3 cm³/mol. The summed E-state index contributed by atoms with van der Waals surface area (Å²) in [5.41, 5.74) is 1.78. The summed E-state index contributed by atoms with van der Waals surface area (Å²) < 4.78 is 0. The summed E-state index contributed by atoms with van der Waals surface area (Å²) in [5.74, 6) is 0.138. The minimum absolute atomic E-state index is 0.0396. The Morgan fingerprint density at radius 2 is 2.08 bits per heavy atom. The Bertz CT molecular complexity index is 698. The number of anilines is 2. The molecule has 1 saturated heterocycles. The van der Waals surface area contributed by atoms with E-state index in [2.05, 4.69) is 10.6 Å². The molecule has 1 aliphatic heterocycles. The molecule has 24 heavy (non-hydrogen) atoms. The molecule has 2 N–H and O–H groups in total. The van der Waals surface area contributed by atoms with Crippen molar-refractivity contribution in [3.8, 4) is 0 Å². The van der Waals surface area contributed by atoms with Crippen LogP contribution in [0.2, 0.25) is 0 Å². The van der Waals surface area contributed by atoms with E-state index in [1.54, 1.807) is 16.2 Å². The van der Waals surface area contributed by atoms with Crippen molar-refractivity contribution in [1.82, 2.24) is 5.32 Å². The van der Waals surface area contributed by atoms with E-state index in [9.17, 15) is 9.59 Å². The second-order valence-electron chi connectivity index (χ2n) is 5.86. The highest BCUT2D eigenvalue weighted by Gasteiger charge is 2.21. The molecule has 1 fully saturated rings. The molecule has 0 saturated carbocycles. The van der Waals surface area contributed by atoms with Crippen LogP contribution in [0.5, 0.6) is 0 Å². The van der Waals surface area contributed by atoms with Crippen LogP contribution in [-0.2, 0) is 16.1 Å². The van der Waals surface area contributed by atoms with Crippen molar-refractivity contribution in [2.24, 2.45) is 0 Å². The fourth-order valence-corrected chi connectivity index (χ4v) is 3.36. The lowest BCUT2D eigenvalue weighted by atomic mass is 10.2. The van der Waals surface area contributed by atoms with E-state index in [1.165, 1.54) is 0 Å². The fraction of sp³-hybridized carbons (Fsp3) is 0.333. The molecule has 0 bridgehead atoms. The lowest BCUT2D eigenvalue weighted by Gasteiger charge is -2.18. The molecule has 1 aliphatic rings. The van der Waals surface area contributed by atoms with E-state index in [0.29, 0.717) is 13.0 Å². The SMILES string of the molecule is C[C@H](Nc1ccc(N2CCCC2=O)cc1)C(=O)NCc1cccs1. The van der Waals surface area contributed by atoms with Crippen molar-refractivity contribution in [2.75, 3.05) is 16.8 Å². The summed E-state index contributed by atoms with van der Waals surface area (Å²) in [6, 6.07) is 11.3. The third-order valence-corrected chi connectivity index (χ3v) is 4.92. The highest BCUT2D eigenvalue weighted by Crippen LogP contribution is 2.23. The van der Waals surface area contributed by atoms with Crippen molar-refractivity contribution in [3.05, 3.63) is 46.7 Å². The molecular formula is C18H21N3O2S. The van der Waals surface area contributed by atoms with Gasteiger partial charge < -0.3 is 15.5 Å². The van der Waals surface area contributed by atoms with E-state index in [1.807, 2.05) is 48.7 Å². The number of hydrogen-bond acceptors (Lipinski definition) is 4. The molecule has 1 atom stereocenters. The quantitative estimate of drug-likeness (QED) is 0.848. The van der Waals surface area contributed by atoms with Gasteiger partial charge in [0.1, 0.15) is 6.04 Å². The minimum atomic E-state index is -0.329. The molecule has 2 heterocycles. The molecule has 0 radical (unpaired) electrons. The molecule has 1 aromatic carbocycles. The molecule has 2 amide bonds. The monoisotopic (exact) mass is 343 g/mol. The number of nitrogens with one attached hydrogen (secondary N) is 2. The molecule has 0 spiro atoms. The first-order valence-electron chi connectivity index (χ1n) is 8.10. The second kappa shape index (κ2) is 7.49. The maximum Gasteiger partial charge on any atom is 0.242 e. The number of hydrogen-bond donors (Lipinski definition) is 2. The number of rotatable bonds is 6. The van der Waals surface area contributed by atoms with Crippen LogP contribution in [0.25, 0.3) is 0 Å². The van der Waals surface area contributed by atoms with Crippen LogP contribution in [0, 0.1) is 0 Å². The van der Waals surface area contributed by atoms with Crippen molar-refractivity contribution in [2.45, 2.75) is 32.4 Å². The maximum atomic E-state index is 12.1. The predicted octanol–water partition coefficient (Wildman–Crippen LogP) is 2.99. The van der Waals surface area contributed by atoms with Crippen molar-refractivity contribution < 1.29 is 9.59 Å². The molecule has 3 rings (SSSR count). The Morgan fingerprint density at radius 3 is 2.71 bits per heavy atom. The third-order valence-electron chi connectivity index (χ3n) is 4.05. The number of nitrogens with zero attached hydrogens (tertiary/aromatic N) is 1. The van der Waals surface area contributed by atoms with Crippen LogP contribution < -0.4 is 15.5 Å². The van der Waals surface area contributed by atoms with E-state index < -0.39 is 0 Å². The van der Waals surface area contributed by atoms with Gasteiger partial charge in [0.15, 0.2) is 0 Å². The molecular weight excluding hydrogens is 322 g/mol. The smallest absolute Gasteiger partial charge is 0.242 e. The highest BCUT2D eigenvalue weighted by atomic mass is 32.1. The van der Waals surface area contributed by atoms with Crippen LogP contribution in [-0.4, -0.2) is 24.4 Å². The average Bonchev–Trinajstić information content (AvgIpc) is 3.25. The lowest BCUT2D eigenvalue weighted by Crippen LogP contribution is -2.37. The van der Waals surface area contributed by atoms with Gasteiger partial charge in [0.2, 0.25) is 11.8 Å². The van der Waals surface area contributed by atoms with Crippen molar-refractivity contribution in [3.63, 3.8) is 0 Å². The van der Waals surface area contributed by atoms with Gasteiger partial charge in [-0.2, -0.15) is 0 Å². The van der Waals surface area contributed by atoms with Crippen LogP contribution >= 0.6 is 11.3 Å². The summed E-state index contributed by atoms with van der Waals surface area (Å²) in [4.78, 5) is 26.8. The molecule has 2 aromatic rings. The van der Waals surface area contributed by atoms with E-state index >= 15 is 0 Å². The lowest BCUT2D eigenvalue weighted by molar-refractivity contribution is -0.121. The zero-order valence-electron chi connectivity index (χ0n) is 13.6. The Labute approximate surface area is 145 Å². The zero-order chi connectivity index (χ0) is 16.9.